The van der Waals surface area contributed by atoms with Gasteiger partial charge in [-0.2, -0.15) is 0 Å². The van der Waals surface area contributed by atoms with E-state index in [1.807, 2.05) is 6.92 Å². The van der Waals surface area contributed by atoms with Crippen LogP contribution in [0.1, 0.15) is 37.6 Å². The maximum atomic E-state index is 12.4. The summed E-state index contributed by atoms with van der Waals surface area (Å²) in [5, 5.41) is 6.80. The van der Waals surface area contributed by atoms with Crippen molar-refractivity contribution in [2.75, 3.05) is 5.73 Å². The zero-order chi connectivity index (χ0) is 15.4. The number of nitrogens with one attached hydrogen (secondary N) is 1. The van der Waals surface area contributed by atoms with E-state index in [0.29, 0.717) is 17.2 Å². The zero-order valence-corrected chi connectivity index (χ0v) is 12.5. The van der Waals surface area contributed by atoms with Gasteiger partial charge in [0.15, 0.2) is 0 Å². The van der Waals surface area contributed by atoms with Gasteiger partial charge in [0.1, 0.15) is 11.3 Å². The Hall–Kier alpha value is -2.37. The van der Waals surface area contributed by atoms with Gasteiger partial charge in [-0.15, -0.1) is 0 Å². The largest absolute Gasteiger partial charge is 0.367 e. The van der Waals surface area contributed by atoms with Crippen LogP contribution in [0.25, 0.3) is 11.3 Å². The number of carbonyl (C=O) groups excluding carboxylic acids is 1. The molecule has 2 aromatic heterocycles. The SMILES string of the molecule is CC(C)CC(C)NC(=O)c1c(-c2cccnc2)noc1N. The quantitative estimate of drug-likeness (QED) is 0.881. The lowest BCUT2D eigenvalue weighted by Crippen LogP contribution is -2.34. The molecule has 6 nitrogen and oxygen atoms in total. The fourth-order valence-electron chi connectivity index (χ4n) is 2.28. The smallest absolute Gasteiger partial charge is 0.259 e. The van der Waals surface area contributed by atoms with Crippen LogP contribution >= 0.6 is 0 Å². The van der Waals surface area contributed by atoms with Crippen LogP contribution in [-0.4, -0.2) is 22.1 Å². The number of pyridine rings is 1. The van der Waals surface area contributed by atoms with Gasteiger partial charge in [-0.05, 0) is 31.4 Å². The van der Waals surface area contributed by atoms with Gasteiger partial charge in [0, 0.05) is 24.0 Å². The van der Waals surface area contributed by atoms with Gasteiger partial charge >= 0.3 is 0 Å². The van der Waals surface area contributed by atoms with Crippen molar-refractivity contribution >= 4 is 11.8 Å². The molecule has 112 valence electrons. The number of nitrogen functional groups attached to an aromatic ring is 1. The molecule has 0 radical (unpaired) electrons. The first-order chi connectivity index (χ1) is 9.99. The number of hydrogen-bond donors (Lipinski definition) is 2. The number of carbonyl (C=O) groups is 1. The van der Waals surface area contributed by atoms with Gasteiger partial charge in [-0.1, -0.05) is 19.0 Å². The monoisotopic (exact) mass is 288 g/mol. The normalized spacial score (nSPS) is 12.4. The molecule has 0 fully saturated rings. The maximum absolute atomic E-state index is 12.4. The van der Waals surface area contributed by atoms with E-state index in [2.05, 4.69) is 29.3 Å². The Morgan fingerprint density at radius 2 is 2.19 bits per heavy atom. The van der Waals surface area contributed by atoms with Crippen LogP contribution in [0.5, 0.6) is 0 Å². The summed E-state index contributed by atoms with van der Waals surface area (Å²) < 4.78 is 4.97. The minimum absolute atomic E-state index is 0.0168. The Balaban J connectivity index is 2.24. The first-order valence-corrected chi connectivity index (χ1v) is 6.95. The van der Waals surface area contributed by atoms with Crippen molar-refractivity contribution in [1.29, 1.82) is 0 Å². The lowest BCUT2D eigenvalue weighted by atomic mass is 10.0. The lowest BCUT2D eigenvalue weighted by molar-refractivity contribution is 0.0937. The van der Waals surface area contributed by atoms with E-state index in [9.17, 15) is 4.79 Å². The second-order valence-electron chi connectivity index (χ2n) is 5.52. The minimum Gasteiger partial charge on any atom is -0.367 e. The van der Waals surface area contributed by atoms with Crippen LogP contribution in [0.3, 0.4) is 0 Å². The fourth-order valence-corrected chi connectivity index (χ4v) is 2.28. The van der Waals surface area contributed by atoms with Crippen molar-refractivity contribution in [3.63, 3.8) is 0 Å². The predicted octanol–water partition coefficient (Wildman–Crippen LogP) is 2.48. The van der Waals surface area contributed by atoms with E-state index >= 15 is 0 Å². The Morgan fingerprint density at radius 1 is 1.43 bits per heavy atom. The summed E-state index contributed by atoms with van der Waals surface area (Å²) in [4.78, 5) is 16.4. The summed E-state index contributed by atoms with van der Waals surface area (Å²) in [6.07, 6.45) is 4.15. The van der Waals surface area contributed by atoms with Gasteiger partial charge in [0.2, 0.25) is 5.88 Å². The van der Waals surface area contributed by atoms with E-state index < -0.39 is 0 Å². The molecule has 0 aliphatic rings. The Morgan fingerprint density at radius 3 is 2.81 bits per heavy atom. The van der Waals surface area contributed by atoms with Gasteiger partial charge < -0.3 is 15.6 Å². The highest BCUT2D eigenvalue weighted by atomic mass is 16.5. The van der Waals surface area contributed by atoms with Crippen LogP contribution in [-0.2, 0) is 0 Å². The minimum atomic E-state index is -0.277. The highest BCUT2D eigenvalue weighted by molar-refractivity contribution is 6.03. The third kappa shape index (κ3) is 3.59. The second-order valence-corrected chi connectivity index (χ2v) is 5.52. The number of amides is 1. The second kappa shape index (κ2) is 6.39. The molecule has 1 unspecified atom stereocenters. The number of anilines is 1. The molecular formula is C15H20N4O2. The summed E-state index contributed by atoms with van der Waals surface area (Å²) in [5.41, 5.74) is 7.11. The van der Waals surface area contributed by atoms with Crippen LogP contribution in [0, 0.1) is 5.92 Å². The van der Waals surface area contributed by atoms with Crippen molar-refractivity contribution in [2.24, 2.45) is 5.92 Å². The van der Waals surface area contributed by atoms with Gasteiger partial charge in [-0.3, -0.25) is 9.78 Å². The molecule has 2 rings (SSSR count). The zero-order valence-electron chi connectivity index (χ0n) is 12.5. The number of aromatic nitrogens is 2. The molecule has 0 saturated carbocycles. The summed E-state index contributed by atoms with van der Waals surface area (Å²) in [6, 6.07) is 3.62. The molecule has 1 atom stereocenters. The molecule has 1 amide bonds. The van der Waals surface area contributed by atoms with Gasteiger partial charge in [0.05, 0.1) is 0 Å². The van der Waals surface area contributed by atoms with Crippen LogP contribution in [0.2, 0.25) is 0 Å². The summed E-state index contributed by atoms with van der Waals surface area (Å²) in [7, 11) is 0. The van der Waals surface area contributed by atoms with Crippen molar-refractivity contribution in [3.05, 3.63) is 30.1 Å². The molecule has 0 spiro atoms. The van der Waals surface area contributed by atoms with E-state index in [0.717, 1.165) is 6.42 Å². The summed E-state index contributed by atoms with van der Waals surface area (Å²) in [5.74, 6) is 0.238. The number of nitrogens with two attached hydrogens (primary N) is 1. The van der Waals surface area contributed by atoms with Crippen molar-refractivity contribution < 1.29 is 9.32 Å². The van der Waals surface area contributed by atoms with Crippen molar-refractivity contribution in [1.82, 2.24) is 15.5 Å². The van der Waals surface area contributed by atoms with E-state index in [-0.39, 0.29) is 23.4 Å². The molecule has 0 bridgehead atoms. The van der Waals surface area contributed by atoms with E-state index in [1.165, 1.54) is 0 Å². The average Bonchev–Trinajstić information content (AvgIpc) is 2.80. The third-order valence-corrected chi connectivity index (χ3v) is 3.08. The third-order valence-electron chi connectivity index (χ3n) is 3.08. The van der Waals surface area contributed by atoms with Crippen LogP contribution < -0.4 is 11.1 Å². The van der Waals surface area contributed by atoms with E-state index in [4.69, 9.17) is 10.3 Å². The highest BCUT2D eigenvalue weighted by Gasteiger charge is 2.23. The Kier molecular flexibility index (Phi) is 4.57. The summed E-state index contributed by atoms with van der Waals surface area (Å²) >= 11 is 0. The van der Waals surface area contributed by atoms with Crippen molar-refractivity contribution in [3.8, 4) is 11.3 Å². The standard InChI is InChI=1S/C15H20N4O2/c1-9(2)7-10(3)18-15(20)12-13(19-21-14(12)16)11-5-4-6-17-8-11/h4-6,8-10H,7,16H2,1-3H3,(H,18,20). The molecule has 0 saturated heterocycles. The Bertz CT molecular complexity index is 607. The topological polar surface area (TPSA) is 94.0 Å². The van der Waals surface area contributed by atoms with Gasteiger partial charge in [-0.25, -0.2) is 0 Å². The first kappa shape index (κ1) is 15.0. The number of hydrogen-bond acceptors (Lipinski definition) is 5. The predicted molar refractivity (Wildman–Crippen MR) is 80.5 cm³/mol. The average molecular weight is 288 g/mol. The molecule has 0 aromatic carbocycles. The maximum Gasteiger partial charge on any atom is 0.259 e. The van der Waals surface area contributed by atoms with Crippen molar-refractivity contribution in [2.45, 2.75) is 33.2 Å². The molecule has 3 N–H and O–H groups in total. The molecule has 2 heterocycles. The molecule has 0 aliphatic carbocycles. The first-order valence-electron chi connectivity index (χ1n) is 6.95. The molecule has 21 heavy (non-hydrogen) atoms. The lowest BCUT2D eigenvalue weighted by Gasteiger charge is -2.15. The number of nitrogens with zero attached hydrogens (tertiary/aromatic N) is 2. The highest BCUT2D eigenvalue weighted by Crippen LogP contribution is 2.26. The number of rotatable bonds is 5. The van der Waals surface area contributed by atoms with E-state index in [1.54, 1.807) is 24.5 Å². The summed E-state index contributed by atoms with van der Waals surface area (Å²) in [6.45, 7) is 6.18. The van der Waals surface area contributed by atoms with Crippen LogP contribution in [0.15, 0.2) is 29.0 Å². The molecule has 0 aliphatic heterocycles. The van der Waals surface area contributed by atoms with Crippen LogP contribution in [0.4, 0.5) is 5.88 Å². The molecule has 6 heteroatoms. The molecule has 2 aromatic rings. The Labute approximate surface area is 123 Å². The fraction of sp³-hybridized carbons (Fsp3) is 0.400. The molecular weight excluding hydrogens is 268 g/mol. The van der Waals surface area contributed by atoms with Gasteiger partial charge in [0.25, 0.3) is 5.91 Å².